The first-order valence-corrected chi connectivity index (χ1v) is 10.0. The van der Waals surface area contributed by atoms with Crippen LogP contribution in [0.4, 0.5) is 0 Å². The Morgan fingerprint density at radius 1 is 0.933 bits per heavy atom. The fourth-order valence-corrected chi connectivity index (χ4v) is 3.64. The monoisotopic (exact) mass is 403 g/mol. The third-order valence-corrected chi connectivity index (χ3v) is 5.18. The molecule has 154 valence electrons. The van der Waals surface area contributed by atoms with Gasteiger partial charge in [0.05, 0.1) is 13.7 Å². The molecule has 5 heteroatoms. The maximum Gasteiger partial charge on any atom is 0.248 e. The number of benzene rings is 3. The van der Waals surface area contributed by atoms with Gasteiger partial charge in [-0.2, -0.15) is 0 Å². The summed E-state index contributed by atoms with van der Waals surface area (Å²) in [5.41, 5.74) is 2.08. The zero-order chi connectivity index (χ0) is 20.8. The maximum absolute atomic E-state index is 12.5. The minimum atomic E-state index is -0.381. The number of ether oxygens (including phenoxy) is 3. The van der Waals surface area contributed by atoms with Gasteiger partial charge in [0.25, 0.3) is 0 Å². The van der Waals surface area contributed by atoms with Crippen LogP contribution < -0.4 is 9.47 Å². The van der Waals surface area contributed by atoms with E-state index in [1.807, 2.05) is 89.8 Å². The fraction of sp³-hybridized carbons (Fsp3) is 0.240. The molecule has 3 aromatic carbocycles. The third kappa shape index (κ3) is 4.63. The molecular weight excluding hydrogens is 378 g/mol. The lowest BCUT2D eigenvalue weighted by Gasteiger charge is -2.37. The Morgan fingerprint density at radius 2 is 1.57 bits per heavy atom. The van der Waals surface area contributed by atoms with Crippen molar-refractivity contribution >= 4 is 5.91 Å². The molecule has 5 nitrogen and oxygen atoms in total. The molecule has 0 spiro atoms. The smallest absolute Gasteiger partial charge is 0.248 e. The average Bonchev–Trinajstić information content (AvgIpc) is 2.80. The van der Waals surface area contributed by atoms with Crippen LogP contribution in [0.1, 0.15) is 17.2 Å². The zero-order valence-corrected chi connectivity index (χ0v) is 16.9. The highest BCUT2D eigenvalue weighted by molar-refractivity contribution is 5.78. The van der Waals surface area contributed by atoms with Crippen molar-refractivity contribution in [1.82, 2.24) is 4.90 Å². The van der Waals surface area contributed by atoms with Gasteiger partial charge < -0.3 is 19.1 Å². The number of rotatable bonds is 7. The summed E-state index contributed by atoms with van der Waals surface area (Å²) in [6, 6.07) is 27.5. The molecule has 1 heterocycles. The van der Waals surface area contributed by atoms with Gasteiger partial charge >= 0.3 is 0 Å². The van der Waals surface area contributed by atoms with Gasteiger partial charge in [-0.1, -0.05) is 72.8 Å². The molecule has 30 heavy (non-hydrogen) atoms. The zero-order valence-electron chi connectivity index (χ0n) is 16.9. The molecule has 4 rings (SSSR count). The van der Waals surface area contributed by atoms with Gasteiger partial charge in [0.2, 0.25) is 5.91 Å². The van der Waals surface area contributed by atoms with Crippen molar-refractivity contribution in [2.45, 2.75) is 18.8 Å². The lowest BCUT2D eigenvalue weighted by molar-refractivity contribution is -0.156. The number of hydrogen-bond acceptors (Lipinski definition) is 4. The normalized spacial score (nSPS) is 17.4. The van der Waals surface area contributed by atoms with Crippen molar-refractivity contribution in [3.8, 4) is 11.5 Å². The van der Waals surface area contributed by atoms with Gasteiger partial charge in [-0.25, -0.2) is 0 Å². The summed E-state index contributed by atoms with van der Waals surface area (Å²) >= 11 is 0. The van der Waals surface area contributed by atoms with E-state index in [0.29, 0.717) is 24.6 Å². The number of nitrogens with zero attached hydrogens (tertiary/aromatic N) is 1. The number of hydrogen-bond donors (Lipinski definition) is 0. The molecular formula is C25H25NO4. The molecule has 1 fully saturated rings. The lowest BCUT2D eigenvalue weighted by Crippen LogP contribution is -2.49. The molecule has 2 unspecified atom stereocenters. The summed E-state index contributed by atoms with van der Waals surface area (Å²) in [6.07, 6.45) is -0.687. The average molecular weight is 403 g/mol. The molecule has 2 atom stereocenters. The van der Waals surface area contributed by atoms with Crippen molar-refractivity contribution in [3.63, 3.8) is 0 Å². The molecule has 1 aliphatic rings. The summed E-state index contributed by atoms with van der Waals surface area (Å²) < 4.78 is 17.8. The van der Waals surface area contributed by atoms with E-state index in [1.165, 1.54) is 0 Å². The fourth-order valence-electron chi connectivity index (χ4n) is 3.64. The molecule has 0 radical (unpaired) electrons. The highest BCUT2D eigenvalue weighted by Crippen LogP contribution is 2.34. The quantitative estimate of drug-likeness (QED) is 0.592. The van der Waals surface area contributed by atoms with Crippen LogP contribution in [-0.2, 0) is 16.1 Å². The van der Waals surface area contributed by atoms with E-state index in [2.05, 4.69) is 0 Å². The maximum atomic E-state index is 12.5. The first kappa shape index (κ1) is 20.0. The van der Waals surface area contributed by atoms with E-state index < -0.39 is 0 Å². The SMILES string of the molecule is COc1ccccc1OC(c1ccccc1)C1CN(Cc2ccccc2)C(=O)CO1. The number of carbonyl (C=O) groups excluding carboxylic acids is 1. The van der Waals surface area contributed by atoms with Crippen molar-refractivity contribution in [1.29, 1.82) is 0 Å². The van der Waals surface area contributed by atoms with Crippen LogP contribution in [0.3, 0.4) is 0 Å². The van der Waals surface area contributed by atoms with Gasteiger partial charge in [-0.05, 0) is 23.3 Å². The molecule has 0 aromatic heterocycles. The van der Waals surface area contributed by atoms with Crippen molar-refractivity contribution < 1.29 is 19.0 Å². The van der Waals surface area contributed by atoms with Crippen LogP contribution in [-0.4, -0.2) is 37.2 Å². The first-order chi connectivity index (χ1) is 14.7. The van der Waals surface area contributed by atoms with Gasteiger partial charge in [-0.3, -0.25) is 4.79 Å². The number of methoxy groups -OCH3 is 1. The Balaban J connectivity index is 1.59. The highest BCUT2D eigenvalue weighted by Gasteiger charge is 2.34. The van der Waals surface area contributed by atoms with E-state index in [9.17, 15) is 4.79 Å². The summed E-state index contributed by atoms with van der Waals surface area (Å²) in [5.74, 6) is 1.29. The third-order valence-electron chi connectivity index (χ3n) is 5.18. The Bertz CT molecular complexity index is 961. The summed E-state index contributed by atoms with van der Waals surface area (Å²) in [5, 5.41) is 0. The van der Waals surface area contributed by atoms with E-state index in [0.717, 1.165) is 11.1 Å². The number of para-hydroxylation sites is 2. The van der Waals surface area contributed by atoms with Crippen LogP contribution in [0.2, 0.25) is 0 Å². The Morgan fingerprint density at radius 3 is 2.27 bits per heavy atom. The largest absolute Gasteiger partial charge is 0.493 e. The molecule has 0 saturated carbocycles. The molecule has 1 amide bonds. The second-order valence-corrected chi connectivity index (χ2v) is 7.21. The predicted molar refractivity (Wildman–Crippen MR) is 114 cm³/mol. The summed E-state index contributed by atoms with van der Waals surface area (Å²) in [6.45, 7) is 1.04. The van der Waals surface area contributed by atoms with Crippen molar-refractivity contribution in [3.05, 3.63) is 96.1 Å². The number of amides is 1. The van der Waals surface area contributed by atoms with Crippen LogP contribution in [0.25, 0.3) is 0 Å². The van der Waals surface area contributed by atoms with Crippen LogP contribution in [0, 0.1) is 0 Å². The van der Waals surface area contributed by atoms with Crippen molar-refractivity contribution in [2.75, 3.05) is 20.3 Å². The second kappa shape index (κ2) is 9.46. The van der Waals surface area contributed by atoms with E-state index in [4.69, 9.17) is 14.2 Å². The topological polar surface area (TPSA) is 48.0 Å². The van der Waals surface area contributed by atoms with Gasteiger partial charge in [0.1, 0.15) is 12.7 Å². The van der Waals surface area contributed by atoms with E-state index in [-0.39, 0.29) is 24.7 Å². The summed E-state index contributed by atoms with van der Waals surface area (Å²) in [4.78, 5) is 14.3. The van der Waals surface area contributed by atoms with Crippen LogP contribution >= 0.6 is 0 Å². The van der Waals surface area contributed by atoms with Gasteiger partial charge in [0.15, 0.2) is 17.6 Å². The number of morpholine rings is 1. The first-order valence-electron chi connectivity index (χ1n) is 10.0. The van der Waals surface area contributed by atoms with Crippen molar-refractivity contribution in [2.24, 2.45) is 0 Å². The molecule has 3 aromatic rings. The Hall–Kier alpha value is -3.31. The van der Waals surface area contributed by atoms with Gasteiger partial charge in [0, 0.05) is 6.54 Å². The lowest BCUT2D eigenvalue weighted by atomic mass is 10.0. The van der Waals surface area contributed by atoms with E-state index in [1.54, 1.807) is 7.11 Å². The Labute approximate surface area is 176 Å². The highest BCUT2D eigenvalue weighted by atomic mass is 16.6. The minimum absolute atomic E-state index is 0.0146. The van der Waals surface area contributed by atoms with Crippen LogP contribution in [0.5, 0.6) is 11.5 Å². The van der Waals surface area contributed by atoms with Crippen LogP contribution in [0.15, 0.2) is 84.9 Å². The molecule has 1 aliphatic heterocycles. The molecule has 0 N–H and O–H groups in total. The number of carbonyl (C=O) groups is 1. The van der Waals surface area contributed by atoms with E-state index >= 15 is 0 Å². The standard InChI is InChI=1S/C25H25NO4/c1-28-21-14-8-9-15-22(21)30-25(20-12-6-3-7-13-20)23-17-26(24(27)18-29-23)16-19-10-4-2-5-11-19/h2-15,23,25H,16-18H2,1H3. The molecule has 0 bridgehead atoms. The predicted octanol–water partition coefficient (Wildman–Crippen LogP) is 4.24. The Kier molecular flexibility index (Phi) is 6.30. The minimum Gasteiger partial charge on any atom is -0.493 e. The molecule has 0 aliphatic carbocycles. The second-order valence-electron chi connectivity index (χ2n) is 7.21. The summed E-state index contributed by atoms with van der Waals surface area (Å²) in [7, 11) is 1.62. The van der Waals surface area contributed by atoms with Gasteiger partial charge in [-0.15, -0.1) is 0 Å². The molecule has 1 saturated heterocycles.